The third kappa shape index (κ3) is 2.47. The SMILES string of the molecule is Cn1cc(S(=O)(=O)N2CCNC(=O)C2c2cccs2)cn1. The molecule has 9 heteroatoms. The summed E-state index contributed by atoms with van der Waals surface area (Å²) in [5, 5.41) is 8.44. The van der Waals surface area contributed by atoms with Gasteiger partial charge in [0, 0.05) is 31.2 Å². The number of piperazine rings is 1. The van der Waals surface area contributed by atoms with Crippen LogP contribution in [0.5, 0.6) is 0 Å². The Bertz CT molecular complexity index is 751. The van der Waals surface area contributed by atoms with E-state index in [9.17, 15) is 13.2 Å². The van der Waals surface area contributed by atoms with Crippen LogP contribution in [0, 0.1) is 0 Å². The first kappa shape index (κ1) is 14.2. The molecular formula is C12H14N4O3S2. The third-order valence-electron chi connectivity index (χ3n) is 3.27. The minimum absolute atomic E-state index is 0.0984. The lowest BCUT2D eigenvalue weighted by atomic mass is 10.2. The fraction of sp³-hybridized carbons (Fsp3) is 0.333. The average Bonchev–Trinajstić information content (AvgIpc) is 3.09. The maximum Gasteiger partial charge on any atom is 0.247 e. The van der Waals surface area contributed by atoms with Crippen LogP contribution in [0.25, 0.3) is 0 Å². The molecule has 0 spiro atoms. The van der Waals surface area contributed by atoms with E-state index in [2.05, 4.69) is 10.4 Å². The quantitative estimate of drug-likeness (QED) is 0.882. The zero-order valence-corrected chi connectivity index (χ0v) is 12.9. The second-order valence-corrected chi connectivity index (χ2v) is 7.54. The lowest BCUT2D eigenvalue weighted by molar-refractivity contribution is -0.126. The molecule has 3 rings (SSSR count). The van der Waals surface area contributed by atoms with Crippen molar-refractivity contribution in [1.29, 1.82) is 0 Å². The second kappa shape index (κ2) is 5.24. The summed E-state index contributed by atoms with van der Waals surface area (Å²) in [6.07, 6.45) is 2.74. The Kier molecular flexibility index (Phi) is 3.56. The van der Waals surface area contributed by atoms with Gasteiger partial charge in [-0.05, 0) is 11.4 Å². The lowest BCUT2D eigenvalue weighted by Crippen LogP contribution is -2.51. The average molecular weight is 326 g/mol. The van der Waals surface area contributed by atoms with Gasteiger partial charge >= 0.3 is 0 Å². The Morgan fingerprint density at radius 3 is 2.90 bits per heavy atom. The van der Waals surface area contributed by atoms with Crippen LogP contribution in [0.1, 0.15) is 10.9 Å². The van der Waals surface area contributed by atoms with Crippen molar-refractivity contribution in [3.63, 3.8) is 0 Å². The van der Waals surface area contributed by atoms with E-state index in [1.165, 1.54) is 32.7 Å². The van der Waals surface area contributed by atoms with Crippen LogP contribution in [0.4, 0.5) is 0 Å². The van der Waals surface area contributed by atoms with Gasteiger partial charge < -0.3 is 5.32 Å². The van der Waals surface area contributed by atoms with Crippen molar-refractivity contribution in [1.82, 2.24) is 19.4 Å². The number of thiophene rings is 1. The molecule has 21 heavy (non-hydrogen) atoms. The summed E-state index contributed by atoms with van der Waals surface area (Å²) in [6.45, 7) is 0.547. The van der Waals surface area contributed by atoms with E-state index < -0.39 is 16.1 Å². The van der Waals surface area contributed by atoms with E-state index in [4.69, 9.17) is 0 Å². The Morgan fingerprint density at radius 1 is 1.48 bits per heavy atom. The number of carbonyl (C=O) groups excluding carboxylic acids is 1. The highest BCUT2D eigenvalue weighted by Gasteiger charge is 2.40. The van der Waals surface area contributed by atoms with Crippen molar-refractivity contribution < 1.29 is 13.2 Å². The molecule has 7 nitrogen and oxygen atoms in total. The molecule has 2 aromatic heterocycles. The molecule has 1 amide bonds. The normalized spacial score (nSPS) is 20.4. The van der Waals surface area contributed by atoms with Crippen molar-refractivity contribution in [2.24, 2.45) is 7.05 Å². The number of nitrogens with zero attached hydrogens (tertiary/aromatic N) is 3. The number of nitrogens with one attached hydrogen (secondary N) is 1. The molecule has 1 aliphatic rings. The molecule has 1 N–H and O–H groups in total. The van der Waals surface area contributed by atoms with Gasteiger partial charge in [-0.25, -0.2) is 8.42 Å². The molecule has 3 heterocycles. The van der Waals surface area contributed by atoms with Gasteiger partial charge in [0.05, 0.1) is 6.20 Å². The van der Waals surface area contributed by atoms with Crippen LogP contribution in [0.3, 0.4) is 0 Å². The van der Waals surface area contributed by atoms with Gasteiger partial charge in [0.25, 0.3) is 0 Å². The van der Waals surface area contributed by atoms with Gasteiger partial charge in [0.15, 0.2) is 0 Å². The summed E-state index contributed by atoms with van der Waals surface area (Å²) in [6, 6.07) is 2.76. The molecule has 0 radical (unpaired) electrons. The number of aromatic nitrogens is 2. The van der Waals surface area contributed by atoms with Crippen molar-refractivity contribution in [3.8, 4) is 0 Å². The fourth-order valence-corrected chi connectivity index (χ4v) is 4.75. The maximum absolute atomic E-state index is 12.7. The monoisotopic (exact) mass is 326 g/mol. The third-order valence-corrected chi connectivity index (χ3v) is 6.01. The molecule has 1 aliphatic heterocycles. The zero-order valence-electron chi connectivity index (χ0n) is 11.3. The minimum Gasteiger partial charge on any atom is -0.353 e. The number of amides is 1. The first-order valence-electron chi connectivity index (χ1n) is 6.32. The summed E-state index contributed by atoms with van der Waals surface area (Å²) in [5.74, 6) is -0.295. The fourth-order valence-electron chi connectivity index (χ4n) is 2.29. The van der Waals surface area contributed by atoms with Gasteiger partial charge in [-0.1, -0.05) is 6.07 Å². The minimum atomic E-state index is -3.75. The summed E-state index contributed by atoms with van der Waals surface area (Å²) >= 11 is 1.37. The molecule has 0 aromatic carbocycles. The van der Waals surface area contributed by atoms with E-state index in [0.717, 1.165) is 0 Å². The van der Waals surface area contributed by atoms with Crippen molar-refractivity contribution in [2.45, 2.75) is 10.9 Å². The number of carbonyl (C=O) groups is 1. The van der Waals surface area contributed by atoms with E-state index in [0.29, 0.717) is 11.4 Å². The van der Waals surface area contributed by atoms with Crippen LogP contribution in [-0.2, 0) is 21.9 Å². The molecule has 0 saturated carbocycles. The second-order valence-electron chi connectivity index (χ2n) is 4.67. The maximum atomic E-state index is 12.7. The van der Waals surface area contributed by atoms with Crippen molar-refractivity contribution in [2.75, 3.05) is 13.1 Å². The van der Waals surface area contributed by atoms with Gasteiger partial charge in [-0.3, -0.25) is 9.48 Å². The molecule has 1 atom stereocenters. The molecule has 1 fully saturated rings. The van der Waals surface area contributed by atoms with E-state index in [1.54, 1.807) is 19.2 Å². The molecule has 0 bridgehead atoms. The van der Waals surface area contributed by atoms with Crippen LogP contribution < -0.4 is 5.32 Å². The molecular weight excluding hydrogens is 312 g/mol. The van der Waals surface area contributed by atoms with Crippen molar-refractivity contribution >= 4 is 27.3 Å². The van der Waals surface area contributed by atoms with Crippen LogP contribution in [0.2, 0.25) is 0 Å². The Hall–Kier alpha value is -1.71. The first-order valence-corrected chi connectivity index (χ1v) is 8.64. The number of sulfonamides is 1. The zero-order chi connectivity index (χ0) is 15.0. The molecule has 2 aromatic rings. The van der Waals surface area contributed by atoms with Gasteiger partial charge in [-0.15, -0.1) is 11.3 Å². The summed E-state index contributed by atoms with van der Waals surface area (Å²) in [5.41, 5.74) is 0. The Morgan fingerprint density at radius 2 is 2.29 bits per heavy atom. The van der Waals surface area contributed by atoms with Crippen molar-refractivity contribution in [3.05, 3.63) is 34.8 Å². The predicted molar refractivity (Wildman–Crippen MR) is 77.2 cm³/mol. The predicted octanol–water partition coefficient (Wildman–Crippen LogP) is 0.343. The molecule has 1 unspecified atom stereocenters. The number of rotatable bonds is 3. The number of hydrogen-bond acceptors (Lipinski definition) is 5. The van der Waals surface area contributed by atoms with Crippen LogP contribution in [0.15, 0.2) is 34.8 Å². The Labute approximate surface area is 126 Å². The standard InChI is InChI=1S/C12H14N4O3S2/c1-15-8-9(7-14-15)21(18,19)16-5-4-13-12(17)11(16)10-3-2-6-20-10/h2-3,6-8,11H,4-5H2,1H3,(H,13,17). The summed E-state index contributed by atoms with van der Waals surface area (Å²) in [7, 11) is -2.10. The molecule has 112 valence electrons. The highest BCUT2D eigenvalue weighted by atomic mass is 32.2. The van der Waals surface area contributed by atoms with E-state index in [1.807, 2.05) is 5.38 Å². The topological polar surface area (TPSA) is 84.3 Å². The number of hydrogen-bond donors (Lipinski definition) is 1. The summed E-state index contributed by atoms with van der Waals surface area (Å²) in [4.78, 5) is 13.0. The highest BCUT2D eigenvalue weighted by molar-refractivity contribution is 7.89. The first-order chi connectivity index (χ1) is 10.00. The summed E-state index contributed by atoms with van der Waals surface area (Å²) < 4.78 is 28.2. The largest absolute Gasteiger partial charge is 0.353 e. The Balaban J connectivity index is 2.04. The number of aryl methyl sites for hydroxylation is 1. The van der Waals surface area contributed by atoms with Gasteiger partial charge in [0.1, 0.15) is 10.9 Å². The molecule has 0 aliphatic carbocycles. The van der Waals surface area contributed by atoms with Gasteiger partial charge in [-0.2, -0.15) is 9.40 Å². The van der Waals surface area contributed by atoms with Gasteiger partial charge in [0.2, 0.25) is 15.9 Å². The molecule has 1 saturated heterocycles. The smallest absolute Gasteiger partial charge is 0.247 e. The van der Waals surface area contributed by atoms with E-state index in [-0.39, 0.29) is 17.3 Å². The van der Waals surface area contributed by atoms with Crippen LogP contribution >= 0.6 is 11.3 Å². The highest BCUT2D eigenvalue weighted by Crippen LogP contribution is 2.31. The van der Waals surface area contributed by atoms with E-state index >= 15 is 0 Å². The lowest BCUT2D eigenvalue weighted by Gasteiger charge is -2.33. The van der Waals surface area contributed by atoms with Crippen LogP contribution in [-0.4, -0.2) is 41.5 Å².